The molecule has 6 rings (SSSR count). The summed E-state index contributed by atoms with van der Waals surface area (Å²) >= 11 is 0. The number of carbonyl (C=O) groups excluding carboxylic acids is 1. The van der Waals surface area contributed by atoms with Gasteiger partial charge in [-0.25, -0.2) is 24.1 Å². The minimum atomic E-state index is -0.290. The maximum absolute atomic E-state index is 13.7. The number of imidazole rings is 1. The van der Waals surface area contributed by atoms with Crippen molar-refractivity contribution in [2.75, 3.05) is 13.1 Å². The molecule has 7 nitrogen and oxygen atoms in total. The smallest absolute Gasteiger partial charge is 0.410 e. The second-order valence-electron chi connectivity index (χ2n) is 10.0. The van der Waals surface area contributed by atoms with E-state index in [0.717, 1.165) is 58.9 Å². The highest BCUT2D eigenvalue weighted by atomic mass is 19.1. The number of ether oxygens (including phenoxy) is 1. The van der Waals surface area contributed by atoms with E-state index >= 15 is 0 Å². The SMILES string of the molecule is CCc1nccc(-c2c(-c3ccc(F)cc3)nc3cc(C4CCN(C(=O)OCc5ccccc5)CC4)ccn23)n1. The Morgan fingerprint density at radius 2 is 1.77 bits per heavy atom. The van der Waals surface area contributed by atoms with Gasteiger partial charge in [-0.15, -0.1) is 0 Å². The third-order valence-corrected chi connectivity index (χ3v) is 7.46. The zero-order valence-corrected chi connectivity index (χ0v) is 22.3. The number of pyridine rings is 1. The molecule has 0 atom stereocenters. The van der Waals surface area contributed by atoms with Crippen molar-refractivity contribution in [3.8, 4) is 22.6 Å². The molecule has 5 aromatic rings. The van der Waals surface area contributed by atoms with Crippen molar-refractivity contribution in [3.63, 3.8) is 0 Å². The van der Waals surface area contributed by atoms with Gasteiger partial charge in [0, 0.05) is 37.5 Å². The topological polar surface area (TPSA) is 72.6 Å². The first-order valence-corrected chi connectivity index (χ1v) is 13.6. The maximum Gasteiger partial charge on any atom is 0.410 e. The van der Waals surface area contributed by atoms with Crippen molar-refractivity contribution in [3.05, 3.63) is 108 Å². The fourth-order valence-electron chi connectivity index (χ4n) is 5.28. The lowest BCUT2D eigenvalue weighted by atomic mass is 9.90. The number of piperidine rings is 1. The average molecular weight is 536 g/mol. The van der Waals surface area contributed by atoms with Gasteiger partial charge in [0.05, 0.1) is 17.1 Å². The average Bonchev–Trinajstić information content (AvgIpc) is 3.39. The molecule has 0 bridgehead atoms. The molecule has 1 aliphatic heterocycles. The molecule has 8 heteroatoms. The van der Waals surface area contributed by atoms with Gasteiger partial charge in [-0.1, -0.05) is 37.3 Å². The number of likely N-dealkylation sites (tertiary alicyclic amines) is 1. The van der Waals surface area contributed by atoms with E-state index < -0.39 is 0 Å². The summed E-state index contributed by atoms with van der Waals surface area (Å²) in [4.78, 5) is 28.5. The van der Waals surface area contributed by atoms with E-state index in [-0.39, 0.29) is 18.5 Å². The molecular weight excluding hydrogens is 505 g/mol. The van der Waals surface area contributed by atoms with Crippen molar-refractivity contribution in [1.29, 1.82) is 0 Å². The van der Waals surface area contributed by atoms with E-state index in [0.29, 0.717) is 19.0 Å². The quantitative estimate of drug-likeness (QED) is 0.243. The Kier molecular flexibility index (Phi) is 7.23. The zero-order valence-electron chi connectivity index (χ0n) is 22.3. The predicted octanol–water partition coefficient (Wildman–Crippen LogP) is 6.68. The first kappa shape index (κ1) is 25.7. The molecule has 1 aliphatic rings. The Labute approximate surface area is 232 Å². The molecular formula is C32H30FN5O2. The normalized spacial score (nSPS) is 14.0. The lowest BCUT2D eigenvalue weighted by Gasteiger charge is -2.31. The minimum absolute atomic E-state index is 0.268. The lowest BCUT2D eigenvalue weighted by molar-refractivity contribution is 0.0870. The van der Waals surface area contributed by atoms with E-state index in [1.165, 1.54) is 17.7 Å². The van der Waals surface area contributed by atoms with Crippen LogP contribution >= 0.6 is 0 Å². The lowest BCUT2D eigenvalue weighted by Crippen LogP contribution is -2.38. The Balaban J connectivity index is 1.24. The summed E-state index contributed by atoms with van der Waals surface area (Å²) in [5.41, 5.74) is 6.15. The van der Waals surface area contributed by atoms with Crippen LogP contribution in [0, 0.1) is 5.82 Å². The summed E-state index contributed by atoms with van der Waals surface area (Å²) < 4.78 is 21.3. The highest BCUT2D eigenvalue weighted by Gasteiger charge is 2.26. The molecule has 0 spiro atoms. The summed E-state index contributed by atoms with van der Waals surface area (Å²) in [5, 5.41) is 0. The van der Waals surface area contributed by atoms with Gasteiger partial charge in [-0.3, -0.25) is 4.40 Å². The van der Waals surface area contributed by atoms with Crippen LogP contribution in [-0.4, -0.2) is 43.4 Å². The van der Waals surface area contributed by atoms with Crippen LogP contribution in [0.4, 0.5) is 9.18 Å². The summed E-state index contributed by atoms with van der Waals surface area (Å²) in [6, 6.07) is 22.2. The van der Waals surface area contributed by atoms with Gasteiger partial charge in [0.15, 0.2) is 0 Å². The van der Waals surface area contributed by atoms with Crippen LogP contribution in [0.2, 0.25) is 0 Å². The highest BCUT2D eigenvalue weighted by molar-refractivity contribution is 5.80. The Morgan fingerprint density at radius 1 is 1.00 bits per heavy atom. The molecule has 1 amide bonds. The van der Waals surface area contributed by atoms with Crippen molar-refractivity contribution in [2.45, 2.75) is 38.7 Å². The van der Waals surface area contributed by atoms with Crippen molar-refractivity contribution in [2.24, 2.45) is 0 Å². The van der Waals surface area contributed by atoms with E-state index in [4.69, 9.17) is 14.7 Å². The third-order valence-electron chi connectivity index (χ3n) is 7.46. The first-order chi connectivity index (χ1) is 19.6. The van der Waals surface area contributed by atoms with Gasteiger partial charge in [0.25, 0.3) is 0 Å². The largest absolute Gasteiger partial charge is 0.445 e. The van der Waals surface area contributed by atoms with Gasteiger partial charge in [-0.2, -0.15) is 0 Å². The molecule has 4 heterocycles. The van der Waals surface area contributed by atoms with Crippen molar-refractivity contribution in [1.82, 2.24) is 24.3 Å². The van der Waals surface area contributed by atoms with E-state index in [2.05, 4.69) is 17.1 Å². The van der Waals surface area contributed by atoms with Gasteiger partial charge >= 0.3 is 6.09 Å². The zero-order chi connectivity index (χ0) is 27.5. The van der Waals surface area contributed by atoms with Gasteiger partial charge in [0.1, 0.15) is 23.9 Å². The number of fused-ring (bicyclic) bond motifs is 1. The van der Waals surface area contributed by atoms with Gasteiger partial charge < -0.3 is 9.64 Å². The van der Waals surface area contributed by atoms with Crippen molar-refractivity contribution >= 4 is 11.7 Å². The molecule has 40 heavy (non-hydrogen) atoms. The van der Waals surface area contributed by atoms with Crippen LogP contribution in [0.3, 0.4) is 0 Å². The number of carbonyl (C=O) groups is 1. The molecule has 0 saturated carbocycles. The predicted molar refractivity (Wildman–Crippen MR) is 151 cm³/mol. The molecule has 202 valence electrons. The number of hydrogen-bond donors (Lipinski definition) is 0. The molecule has 0 unspecified atom stereocenters. The standard InChI is InChI=1S/C32H30FN5O2/c1-2-28-34-16-12-27(35-28)31-30(24-8-10-26(33)11-9-24)36-29-20-25(15-19-38(29)31)23-13-17-37(18-14-23)32(39)40-21-22-6-4-3-5-7-22/h3-12,15-16,19-20,23H,2,13-14,17-18,21H2,1H3. The number of halogens is 1. The molecule has 1 saturated heterocycles. The van der Waals surface area contributed by atoms with Crippen molar-refractivity contribution < 1.29 is 13.9 Å². The molecule has 1 fully saturated rings. The van der Waals surface area contributed by atoms with Crippen LogP contribution in [0.15, 0.2) is 85.2 Å². The molecule has 0 N–H and O–H groups in total. The number of amides is 1. The minimum Gasteiger partial charge on any atom is -0.445 e. The van der Waals surface area contributed by atoms with Crippen LogP contribution in [0.5, 0.6) is 0 Å². The number of benzene rings is 2. The number of hydrogen-bond acceptors (Lipinski definition) is 5. The fraction of sp³-hybridized carbons (Fsp3) is 0.250. The van der Waals surface area contributed by atoms with Crippen LogP contribution in [0.1, 0.15) is 42.6 Å². The summed E-state index contributed by atoms with van der Waals surface area (Å²) in [6.07, 6.45) is 5.95. The summed E-state index contributed by atoms with van der Waals surface area (Å²) in [6.45, 7) is 3.59. The van der Waals surface area contributed by atoms with Crippen LogP contribution in [0.25, 0.3) is 28.3 Å². The number of rotatable bonds is 6. The summed E-state index contributed by atoms with van der Waals surface area (Å²) in [7, 11) is 0. The maximum atomic E-state index is 13.7. The number of nitrogens with zero attached hydrogens (tertiary/aromatic N) is 5. The Bertz CT molecular complexity index is 1630. The number of aryl methyl sites for hydroxylation is 1. The van der Waals surface area contributed by atoms with Gasteiger partial charge in [-0.05, 0) is 72.4 Å². The monoisotopic (exact) mass is 535 g/mol. The fourth-order valence-corrected chi connectivity index (χ4v) is 5.28. The highest BCUT2D eigenvalue weighted by Crippen LogP contribution is 2.34. The Morgan fingerprint density at radius 3 is 2.52 bits per heavy atom. The second-order valence-corrected chi connectivity index (χ2v) is 10.0. The third kappa shape index (κ3) is 5.30. The van der Waals surface area contributed by atoms with Crippen LogP contribution < -0.4 is 0 Å². The molecule has 2 aromatic carbocycles. The van der Waals surface area contributed by atoms with E-state index in [1.54, 1.807) is 23.2 Å². The molecule has 3 aromatic heterocycles. The summed E-state index contributed by atoms with van der Waals surface area (Å²) in [5.74, 6) is 0.772. The van der Waals surface area contributed by atoms with Gasteiger partial charge in [0.2, 0.25) is 0 Å². The molecule has 0 radical (unpaired) electrons. The Hall–Kier alpha value is -4.59. The number of aromatic nitrogens is 4. The second kappa shape index (κ2) is 11.3. The van der Waals surface area contributed by atoms with E-state index in [9.17, 15) is 9.18 Å². The molecule has 0 aliphatic carbocycles. The van der Waals surface area contributed by atoms with Crippen LogP contribution in [-0.2, 0) is 17.8 Å². The first-order valence-electron chi connectivity index (χ1n) is 13.6. The van der Waals surface area contributed by atoms with E-state index in [1.807, 2.05) is 53.9 Å².